The molecular weight excluding hydrogens is 325 g/mol. The fraction of sp³-hybridized carbons (Fsp3) is 0.357. The Morgan fingerprint density at radius 2 is 2.12 bits per heavy atom. The normalized spacial score (nSPS) is 16.5. The first kappa shape index (κ1) is 12.6. The SMILES string of the molecule is O=C(C=Cc1cccc(I)c1)NC1CCCC1. The van der Waals surface area contributed by atoms with Crippen LogP contribution in [-0.2, 0) is 4.79 Å². The van der Waals surface area contributed by atoms with Crippen molar-refractivity contribution in [2.75, 3.05) is 0 Å². The molecule has 3 heteroatoms. The van der Waals surface area contributed by atoms with E-state index in [0.717, 1.165) is 18.4 Å². The van der Waals surface area contributed by atoms with Crippen LogP contribution < -0.4 is 5.32 Å². The van der Waals surface area contributed by atoms with Gasteiger partial charge in [-0.2, -0.15) is 0 Å². The second-order valence-corrected chi connectivity index (χ2v) is 5.62. The van der Waals surface area contributed by atoms with Gasteiger partial charge in [-0.25, -0.2) is 0 Å². The first-order valence-electron chi connectivity index (χ1n) is 5.98. The van der Waals surface area contributed by atoms with Gasteiger partial charge in [0.2, 0.25) is 5.91 Å². The molecule has 0 saturated heterocycles. The van der Waals surface area contributed by atoms with Crippen molar-refractivity contribution in [2.24, 2.45) is 0 Å². The number of hydrogen-bond donors (Lipinski definition) is 1. The third kappa shape index (κ3) is 4.15. The molecule has 0 heterocycles. The maximum Gasteiger partial charge on any atom is 0.244 e. The summed E-state index contributed by atoms with van der Waals surface area (Å²) in [4.78, 5) is 11.7. The van der Waals surface area contributed by atoms with Crippen LogP contribution in [0, 0.1) is 3.57 Å². The van der Waals surface area contributed by atoms with Crippen molar-refractivity contribution in [2.45, 2.75) is 31.7 Å². The molecular formula is C14H16INO. The maximum absolute atomic E-state index is 11.7. The number of hydrogen-bond acceptors (Lipinski definition) is 1. The van der Waals surface area contributed by atoms with Gasteiger partial charge in [-0.1, -0.05) is 25.0 Å². The number of carbonyl (C=O) groups is 1. The van der Waals surface area contributed by atoms with Crippen molar-refractivity contribution in [3.63, 3.8) is 0 Å². The van der Waals surface area contributed by atoms with E-state index in [-0.39, 0.29) is 5.91 Å². The zero-order chi connectivity index (χ0) is 12.1. The molecule has 1 aromatic rings. The second kappa shape index (κ2) is 6.19. The summed E-state index contributed by atoms with van der Waals surface area (Å²) in [6, 6.07) is 8.48. The molecule has 2 rings (SSSR count). The summed E-state index contributed by atoms with van der Waals surface area (Å²) in [5.41, 5.74) is 1.07. The lowest BCUT2D eigenvalue weighted by molar-refractivity contribution is -0.117. The van der Waals surface area contributed by atoms with Crippen LogP contribution >= 0.6 is 22.6 Å². The average Bonchev–Trinajstić information content (AvgIpc) is 2.79. The zero-order valence-corrected chi connectivity index (χ0v) is 11.8. The van der Waals surface area contributed by atoms with Crippen molar-refractivity contribution in [3.05, 3.63) is 39.5 Å². The summed E-state index contributed by atoms with van der Waals surface area (Å²) in [6.07, 6.45) is 8.24. The summed E-state index contributed by atoms with van der Waals surface area (Å²) in [7, 11) is 0. The summed E-state index contributed by atoms with van der Waals surface area (Å²) in [5, 5.41) is 3.04. The smallest absolute Gasteiger partial charge is 0.244 e. The fourth-order valence-corrected chi connectivity index (χ4v) is 2.67. The molecule has 0 aromatic heterocycles. The molecule has 17 heavy (non-hydrogen) atoms. The van der Waals surface area contributed by atoms with Gasteiger partial charge in [0.25, 0.3) is 0 Å². The van der Waals surface area contributed by atoms with Crippen LogP contribution in [0.1, 0.15) is 31.2 Å². The first-order chi connectivity index (χ1) is 8.24. The van der Waals surface area contributed by atoms with E-state index in [4.69, 9.17) is 0 Å². The molecule has 0 spiro atoms. The highest BCUT2D eigenvalue weighted by molar-refractivity contribution is 14.1. The molecule has 1 aliphatic rings. The van der Waals surface area contributed by atoms with Crippen LogP contribution in [0.4, 0.5) is 0 Å². The maximum atomic E-state index is 11.7. The number of halogens is 1. The van der Waals surface area contributed by atoms with Crippen LogP contribution in [0.5, 0.6) is 0 Å². The van der Waals surface area contributed by atoms with Gasteiger partial charge in [0.05, 0.1) is 0 Å². The van der Waals surface area contributed by atoms with Crippen molar-refractivity contribution in [3.8, 4) is 0 Å². The molecule has 1 amide bonds. The van der Waals surface area contributed by atoms with Gasteiger partial charge in [-0.15, -0.1) is 0 Å². The summed E-state index contributed by atoms with van der Waals surface area (Å²) in [6.45, 7) is 0. The van der Waals surface area contributed by atoms with E-state index < -0.39 is 0 Å². The van der Waals surface area contributed by atoms with Crippen LogP contribution in [0.15, 0.2) is 30.3 Å². The van der Waals surface area contributed by atoms with Crippen molar-refractivity contribution in [1.82, 2.24) is 5.32 Å². The molecule has 0 unspecified atom stereocenters. The minimum Gasteiger partial charge on any atom is -0.350 e. The summed E-state index contributed by atoms with van der Waals surface area (Å²) in [5.74, 6) is 0.0239. The van der Waals surface area contributed by atoms with E-state index in [1.165, 1.54) is 16.4 Å². The summed E-state index contributed by atoms with van der Waals surface area (Å²) < 4.78 is 1.18. The predicted molar refractivity (Wildman–Crippen MR) is 78.6 cm³/mol. The standard InChI is InChI=1S/C14H16INO/c15-12-5-3-4-11(10-12)8-9-14(17)16-13-6-1-2-7-13/h3-5,8-10,13H,1-2,6-7H2,(H,16,17). The van der Waals surface area contributed by atoms with Crippen molar-refractivity contribution in [1.29, 1.82) is 0 Å². The Bertz CT molecular complexity index is 422. The quantitative estimate of drug-likeness (QED) is 0.663. The van der Waals surface area contributed by atoms with Gasteiger partial charge in [0.15, 0.2) is 0 Å². The van der Waals surface area contributed by atoms with Crippen molar-refractivity contribution < 1.29 is 4.79 Å². The van der Waals surface area contributed by atoms with Gasteiger partial charge in [0.1, 0.15) is 0 Å². The van der Waals surface area contributed by atoms with Crippen LogP contribution in [0.25, 0.3) is 6.08 Å². The fourth-order valence-electron chi connectivity index (χ4n) is 2.10. The van der Waals surface area contributed by atoms with E-state index in [1.54, 1.807) is 6.08 Å². The highest BCUT2D eigenvalue weighted by Gasteiger charge is 2.15. The van der Waals surface area contributed by atoms with E-state index >= 15 is 0 Å². The van der Waals surface area contributed by atoms with E-state index in [0.29, 0.717) is 6.04 Å². The lowest BCUT2D eigenvalue weighted by Crippen LogP contribution is -2.30. The predicted octanol–water partition coefficient (Wildman–Crippen LogP) is 3.36. The lowest BCUT2D eigenvalue weighted by Gasteiger charge is -2.08. The number of carbonyl (C=O) groups excluding carboxylic acids is 1. The first-order valence-corrected chi connectivity index (χ1v) is 7.06. The average molecular weight is 341 g/mol. The third-order valence-electron chi connectivity index (χ3n) is 2.98. The second-order valence-electron chi connectivity index (χ2n) is 4.38. The molecule has 2 nitrogen and oxygen atoms in total. The highest BCUT2D eigenvalue weighted by atomic mass is 127. The molecule has 0 atom stereocenters. The Balaban J connectivity index is 1.89. The largest absolute Gasteiger partial charge is 0.350 e. The number of amides is 1. The zero-order valence-electron chi connectivity index (χ0n) is 9.66. The van der Waals surface area contributed by atoms with Gasteiger partial charge in [-0.3, -0.25) is 4.79 Å². The van der Waals surface area contributed by atoms with E-state index in [9.17, 15) is 4.79 Å². The topological polar surface area (TPSA) is 29.1 Å². The Morgan fingerprint density at radius 1 is 1.35 bits per heavy atom. The highest BCUT2D eigenvalue weighted by Crippen LogP contribution is 2.17. The van der Waals surface area contributed by atoms with Crippen molar-refractivity contribution >= 4 is 34.6 Å². The Kier molecular flexibility index (Phi) is 4.59. The van der Waals surface area contributed by atoms with Crippen LogP contribution in [0.2, 0.25) is 0 Å². The molecule has 90 valence electrons. The minimum absolute atomic E-state index is 0.0239. The van der Waals surface area contributed by atoms with E-state index in [1.807, 2.05) is 24.3 Å². The number of benzene rings is 1. The molecule has 1 saturated carbocycles. The Hall–Kier alpha value is -0.840. The van der Waals surface area contributed by atoms with Gasteiger partial charge in [0, 0.05) is 15.7 Å². The Labute approximate surface area is 116 Å². The molecule has 1 N–H and O–H groups in total. The van der Waals surface area contributed by atoms with Gasteiger partial charge >= 0.3 is 0 Å². The molecule has 0 bridgehead atoms. The molecule has 0 aliphatic heterocycles. The van der Waals surface area contributed by atoms with E-state index in [2.05, 4.69) is 34.0 Å². The number of nitrogens with one attached hydrogen (secondary N) is 1. The van der Waals surface area contributed by atoms with Gasteiger partial charge in [-0.05, 0) is 59.2 Å². The monoisotopic (exact) mass is 341 g/mol. The minimum atomic E-state index is 0.0239. The van der Waals surface area contributed by atoms with Gasteiger partial charge < -0.3 is 5.32 Å². The molecule has 1 aliphatic carbocycles. The molecule has 0 radical (unpaired) electrons. The molecule has 1 fully saturated rings. The van der Waals surface area contributed by atoms with Crippen LogP contribution in [-0.4, -0.2) is 11.9 Å². The third-order valence-corrected chi connectivity index (χ3v) is 3.65. The Morgan fingerprint density at radius 3 is 2.82 bits per heavy atom. The molecule has 1 aromatic carbocycles. The summed E-state index contributed by atoms with van der Waals surface area (Å²) >= 11 is 2.27. The lowest BCUT2D eigenvalue weighted by atomic mass is 10.2. The van der Waals surface area contributed by atoms with Crippen LogP contribution in [0.3, 0.4) is 0 Å². The number of rotatable bonds is 3.